The molecule has 83 heavy (non-hydrogen) atoms. The number of aromatic amines is 1. The number of carboxylic acid groups (broad SMARTS) is 3. The molecule has 1 saturated carbocycles. The summed E-state index contributed by atoms with van der Waals surface area (Å²) in [5.41, 5.74) is 1.94. The molecule has 2 atom stereocenters. The summed E-state index contributed by atoms with van der Waals surface area (Å²) in [5, 5.41) is 36.6. The van der Waals surface area contributed by atoms with Crippen LogP contribution in [0.4, 0.5) is 0 Å². The first-order chi connectivity index (χ1) is 40.2. The second-order valence-electron chi connectivity index (χ2n) is 22.7. The van der Waals surface area contributed by atoms with E-state index in [1.54, 1.807) is 12.5 Å². The van der Waals surface area contributed by atoms with Crippen LogP contribution in [0.25, 0.3) is 0 Å². The number of carboxylic acids is 3. The third-order valence-electron chi connectivity index (χ3n) is 15.5. The van der Waals surface area contributed by atoms with Crippen LogP contribution in [-0.2, 0) is 63.7 Å². The number of Topliss-reactive ketones (excluding diaryl/α,β-unsaturated/α-hetero) is 3. The molecular weight excluding hydrogens is 1070 g/mol. The molecule has 0 unspecified atom stereocenters. The summed E-state index contributed by atoms with van der Waals surface area (Å²) in [7, 11) is 0. The number of nitrogens with zero attached hydrogens (tertiary/aromatic N) is 1. The van der Waals surface area contributed by atoms with Crippen molar-refractivity contribution in [3.8, 4) is 0 Å². The van der Waals surface area contributed by atoms with Crippen molar-refractivity contribution >= 4 is 47.1 Å². The van der Waals surface area contributed by atoms with E-state index >= 15 is 0 Å². The fraction of sp³-hybridized carbons (Fsp3) is 0.794. The molecule has 0 aromatic carbocycles. The molecule has 1 aromatic heterocycles. The summed E-state index contributed by atoms with van der Waals surface area (Å²) in [6, 6.07) is -0.645. The van der Waals surface area contributed by atoms with Crippen LogP contribution >= 0.6 is 0 Å². The fourth-order valence-electron chi connectivity index (χ4n) is 10.3. The van der Waals surface area contributed by atoms with Gasteiger partial charge in [-0.05, 0) is 83.0 Å². The van der Waals surface area contributed by atoms with Gasteiger partial charge in [0.1, 0.15) is 30.8 Å². The number of hydrogen-bond acceptors (Lipinski definition) is 14. The van der Waals surface area contributed by atoms with Crippen molar-refractivity contribution in [3.63, 3.8) is 0 Å². The van der Waals surface area contributed by atoms with Crippen LogP contribution in [0.2, 0.25) is 0 Å². The number of ether oxygens (including phenoxy) is 4. The first-order valence-electron chi connectivity index (χ1n) is 31.7. The van der Waals surface area contributed by atoms with Crippen LogP contribution in [-0.4, -0.2) is 151 Å². The lowest BCUT2D eigenvalue weighted by Crippen LogP contribution is -2.37. The number of aromatic nitrogens is 2. The number of unbranched alkanes of at least 4 members (excludes halogenated alkanes) is 18. The number of rotatable bonds is 59. The van der Waals surface area contributed by atoms with Gasteiger partial charge in [0.25, 0.3) is 0 Å². The monoisotopic (exact) mass is 1170 g/mol. The summed E-state index contributed by atoms with van der Waals surface area (Å²) in [4.78, 5) is 104. The van der Waals surface area contributed by atoms with Gasteiger partial charge in [-0.15, -0.1) is 0 Å². The molecule has 20 heteroatoms. The van der Waals surface area contributed by atoms with E-state index in [1.165, 1.54) is 70.6 Å². The van der Waals surface area contributed by atoms with E-state index in [4.69, 9.17) is 24.1 Å². The SMILES string of the molecule is C=C(CCc1cnc[nH]1)CN[C@@H](CCCCCCC(=O)COCCOCCNC(=O)COCCOCCNC(=O)CC[C@H](CC(=O)C1CCC(CCC(=O)CCCCCCCCCCCCCCCCCCC(=O)O)CC1)C(=O)O)C(=O)O. The number of carbonyl (C=O) groups excluding carboxylic acids is 5. The maximum absolute atomic E-state index is 13.1. The number of carbonyl (C=O) groups is 8. The van der Waals surface area contributed by atoms with E-state index < -0.39 is 29.9 Å². The van der Waals surface area contributed by atoms with Crippen molar-refractivity contribution in [3.05, 3.63) is 30.4 Å². The Balaban J connectivity index is 1.35. The lowest BCUT2D eigenvalue weighted by molar-refractivity contribution is -0.145. The number of aliphatic carboxylic acids is 3. The predicted molar refractivity (Wildman–Crippen MR) is 318 cm³/mol. The largest absolute Gasteiger partial charge is 0.481 e. The van der Waals surface area contributed by atoms with Crippen LogP contribution < -0.4 is 16.0 Å². The Morgan fingerprint density at radius 3 is 1.61 bits per heavy atom. The highest BCUT2D eigenvalue weighted by molar-refractivity contribution is 5.86. The number of ketones is 3. The number of aryl methyl sites for hydroxylation is 1. The molecule has 2 amide bonds. The van der Waals surface area contributed by atoms with Crippen LogP contribution in [0.5, 0.6) is 0 Å². The van der Waals surface area contributed by atoms with Gasteiger partial charge in [0.15, 0.2) is 5.78 Å². The van der Waals surface area contributed by atoms with E-state index in [-0.39, 0.29) is 115 Å². The molecule has 1 fully saturated rings. The molecule has 1 aromatic rings. The number of hydrogen-bond donors (Lipinski definition) is 7. The summed E-state index contributed by atoms with van der Waals surface area (Å²) < 4.78 is 21.7. The minimum atomic E-state index is -1.08. The second-order valence-corrected chi connectivity index (χ2v) is 22.7. The molecule has 2 rings (SSSR count). The van der Waals surface area contributed by atoms with Crippen molar-refractivity contribution in [2.75, 3.05) is 72.5 Å². The van der Waals surface area contributed by atoms with Gasteiger partial charge in [0.2, 0.25) is 11.8 Å². The quantitative estimate of drug-likeness (QED) is 0.0236. The fourth-order valence-corrected chi connectivity index (χ4v) is 10.3. The Kier molecular flexibility index (Phi) is 45.1. The lowest BCUT2D eigenvalue weighted by Gasteiger charge is -2.28. The Hall–Kier alpha value is -4.89. The van der Waals surface area contributed by atoms with E-state index in [0.717, 1.165) is 94.7 Å². The summed E-state index contributed by atoms with van der Waals surface area (Å²) in [6.45, 7) is 6.11. The van der Waals surface area contributed by atoms with Crippen LogP contribution in [0.3, 0.4) is 0 Å². The number of nitrogens with one attached hydrogen (secondary N) is 4. The number of imidazole rings is 1. The van der Waals surface area contributed by atoms with E-state index in [1.807, 2.05) is 0 Å². The molecule has 0 spiro atoms. The Labute approximate surface area is 495 Å². The van der Waals surface area contributed by atoms with Gasteiger partial charge < -0.3 is 55.2 Å². The van der Waals surface area contributed by atoms with Crippen LogP contribution in [0.1, 0.15) is 224 Å². The third-order valence-corrected chi connectivity index (χ3v) is 15.5. The molecule has 0 saturated heterocycles. The van der Waals surface area contributed by atoms with Gasteiger partial charge in [0.05, 0.1) is 51.9 Å². The van der Waals surface area contributed by atoms with Crippen molar-refractivity contribution in [2.45, 2.75) is 231 Å². The van der Waals surface area contributed by atoms with E-state index in [9.17, 15) is 48.6 Å². The molecule has 1 aliphatic rings. The number of amides is 2. The predicted octanol–water partition coefficient (Wildman–Crippen LogP) is 9.85. The zero-order valence-electron chi connectivity index (χ0n) is 50.4. The highest BCUT2D eigenvalue weighted by Crippen LogP contribution is 2.34. The van der Waals surface area contributed by atoms with Gasteiger partial charge >= 0.3 is 17.9 Å². The van der Waals surface area contributed by atoms with Crippen molar-refractivity contribution in [1.29, 1.82) is 0 Å². The van der Waals surface area contributed by atoms with Crippen molar-refractivity contribution < 1.29 is 72.6 Å². The molecule has 0 aliphatic heterocycles. The Morgan fingerprint density at radius 1 is 0.554 bits per heavy atom. The first kappa shape index (κ1) is 74.2. The zero-order valence-corrected chi connectivity index (χ0v) is 50.4. The summed E-state index contributed by atoms with van der Waals surface area (Å²) in [6.07, 6.45) is 33.3. The van der Waals surface area contributed by atoms with Crippen LogP contribution in [0.15, 0.2) is 24.7 Å². The molecule has 0 bridgehead atoms. The van der Waals surface area contributed by atoms with Crippen LogP contribution in [0, 0.1) is 17.8 Å². The minimum Gasteiger partial charge on any atom is -0.481 e. The molecule has 7 N–H and O–H groups in total. The molecule has 474 valence electrons. The van der Waals surface area contributed by atoms with Gasteiger partial charge in [-0.25, -0.2) is 4.98 Å². The normalized spacial score (nSPS) is 14.9. The Bertz CT molecular complexity index is 1930. The lowest BCUT2D eigenvalue weighted by atomic mass is 9.76. The van der Waals surface area contributed by atoms with Gasteiger partial charge in [-0.2, -0.15) is 0 Å². The first-order valence-corrected chi connectivity index (χ1v) is 31.7. The molecule has 0 radical (unpaired) electrons. The minimum absolute atomic E-state index is 0.00507. The maximum atomic E-state index is 13.1. The van der Waals surface area contributed by atoms with Crippen molar-refractivity contribution in [2.24, 2.45) is 17.8 Å². The number of H-pyrrole nitrogens is 1. The second kappa shape index (κ2) is 50.4. The smallest absolute Gasteiger partial charge is 0.320 e. The summed E-state index contributed by atoms with van der Waals surface area (Å²) >= 11 is 0. The topological polar surface area (TPSA) is 299 Å². The zero-order chi connectivity index (χ0) is 60.4. The molecular formula is C63H107N5O15. The van der Waals surface area contributed by atoms with E-state index in [0.29, 0.717) is 69.6 Å². The highest BCUT2D eigenvalue weighted by atomic mass is 16.5. The van der Waals surface area contributed by atoms with Gasteiger partial charge in [-0.1, -0.05) is 121 Å². The van der Waals surface area contributed by atoms with Gasteiger partial charge in [0, 0.05) is 76.0 Å². The summed E-state index contributed by atoms with van der Waals surface area (Å²) in [5.74, 6) is -3.74. The average Bonchev–Trinajstić information content (AvgIpc) is 4.02. The molecule has 20 nitrogen and oxygen atoms in total. The Morgan fingerprint density at radius 2 is 1.07 bits per heavy atom. The van der Waals surface area contributed by atoms with Crippen molar-refractivity contribution in [1.82, 2.24) is 25.9 Å². The average molecular weight is 1170 g/mol. The molecule has 1 aliphatic carbocycles. The standard InChI is InChI=1S/C63H107N5O15/c1-50(26-33-54-46-64-49-68-54)45-67-57(63(78)79)24-20-17-16-19-23-56(70)47-82-42-40-81-39-37-66-60(73)48-83-43-41-80-38-36-65-59(72)35-32-53(62(76)77)44-58(71)52-30-27-51(28-31-52)29-34-55(69)22-18-14-12-10-8-6-4-2-3-5-7-9-11-13-15-21-25-61(74)75/h46,49,51-53,57,67H,1-45,47-48H2,(H,64,68)(H,65,72)(H,66,73)(H,74,75)(H,76,77)(H,78,79)/t51?,52?,53-,57+/m1/s1. The van der Waals surface area contributed by atoms with E-state index in [2.05, 4.69) is 32.5 Å². The highest BCUT2D eigenvalue weighted by Gasteiger charge is 2.30. The van der Waals surface area contributed by atoms with Gasteiger partial charge in [-0.3, -0.25) is 38.4 Å². The third kappa shape index (κ3) is 43.4. The molecule has 1 heterocycles. The maximum Gasteiger partial charge on any atom is 0.320 e.